The van der Waals surface area contributed by atoms with Gasteiger partial charge < -0.3 is 0 Å². The number of hydrogen-bond acceptors (Lipinski definition) is 1. The van der Waals surface area contributed by atoms with Crippen molar-refractivity contribution in [2.45, 2.75) is 18.4 Å². The average Bonchev–Trinajstić information content (AvgIpc) is 2.10. The summed E-state index contributed by atoms with van der Waals surface area (Å²) in [6, 6.07) is 0. The molecule has 1 rings (SSSR count). The Hall–Kier alpha value is -0.390. The van der Waals surface area contributed by atoms with Gasteiger partial charge in [0, 0.05) is 0 Å². The second kappa shape index (κ2) is 1.36. The first-order valence-corrected chi connectivity index (χ1v) is 1.96. The van der Waals surface area contributed by atoms with Crippen molar-refractivity contribution in [1.29, 1.82) is 0 Å². The van der Waals surface area contributed by atoms with Gasteiger partial charge >= 0.3 is 12.3 Å². The molecule has 0 amide bonds. The fourth-order valence-electron chi connectivity index (χ4n) is 0.380. The van der Waals surface area contributed by atoms with Crippen molar-refractivity contribution in [2.24, 2.45) is 0 Å². The molecular weight excluding hydrogens is 147 g/mol. The predicted octanol–water partition coefficient (Wildman–Crippen LogP) is 1.54. The highest BCUT2D eigenvalue weighted by Crippen LogP contribution is 2.48. The summed E-state index contributed by atoms with van der Waals surface area (Å²) < 4.78 is 59.1. The zero-order chi connectivity index (χ0) is 7.28. The molecule has 6 heteroatoms. The molecule has 0 aromatic carbocycles. The number of ether oxygens (including phenoxy) is 1. The van der Waals surface area contributed by atoms with E-state index >= 15 is 0 Å². The molecule has 1 heterocycles. The van der Waals surface area contributed by atoms with E-state index in [4.69, 9.17) is 0 Å². The quantitative estimate of drug-likeness (QED) is 0.375. The largest absolute Gasteiger partial charge is 0.423 e. The summed E-state index contributed by atoms with van der Waals surface area (Å²) in [4.78, 5) is 0. The summed E-state index contributed by atoms with van der Waals surface area (Å²) in [5.41, 5.74) is 0. The molecule has 1 nitrogen and oxygen atoms in total. The van der Waals surface area contributed by atoms with Crippen LogP contribution in [0.15, 0.2) is 0 Å². The number of hydrogen-bond donors (Lipinski definition) is 0. The van der Waals surface area contributed by atoms with E-state index in [1.54, 1.807) is 0 Å². The van der Waals surface area contributed by atoms with Crippen LogP contribution in [0.2, 0.25) is 0 Å². The molecule has 1 fully saturated rings. The molecule has 1 aliphatic heterocycles. The van der Waals surface area contributed by atoms with Crippen molar-refractivity contribution in [3.8, 4) is 0 Å². The lowest BCUT2D eigenvalue weighted by Crippen LogP contribution is -2.20. The van der Waals surface area contributed by atoms with Gasteiger partial charge in [-0.05, 0) is 0 Å². The molecule has 0 bridgehead atoms. The van der Waals surface area contributed by atoms with Gasteiger partial charge in [0.15, 0.2) is 0 Å². The van der Waals surface area contributed by atoms with Gasteiger partial charge in [0.05, 0.1) is 0 Å². The Labute approximate surface area is 46.4 Å². The Kier molecular flexibility index (Phi) is 1.02. The monoisotopic (exact) mass is 148 g/mol. The fourth-order valence-corrected chi connectivity index (χ4v) is 0.380. The van der Waals surface area contributed by atoms with Crippen LogP contribution in [0.1, 0.15) is 0 Å². The summed E-state index contributed by atoms with van der Waals surface area (Å²) in [5.74, 6) is 0. The van der Waals surface area contributed by atoms with Crippen molar-refractivity contribution >= 4 is 0 Å². The normalized spacial score (nSPS) is 32.3. The minimum atomic E-state index is -4.93. The van der Waals surface area contributed by atoms with Crippen LogP contribution in [-0.4, -0.2) is 18.4 Å². The molecule has 9 heavy (non-hydrogen) atoms. The van der Waals surface area contributed by atoms with Gasteiger partial charge in [-0.2, -0.15) is 22.0 Å². The summed E-state index contributed by atoms with van der Waals surface area (Å²) in [5, 5.41) is 0. The Morgan fingerprint density at radius 3 is 1.56 bits per heavy atom. The predicted molar refractivity (Wildman–Crippen MR) is 15.9 cm³/mol. The molecule has 0 radical (unpaired) electrons. The molecule has 0 aliphatic carbocycles. The van der Waals surface area contributed by atoms with E-state index in [0.717, 1.165) is 0 Å². The molecule has 0 aromatic heterocycles. The SMILES string of the molecule is FC(F)(F)C1OC1(F)F. The Morgan fingerprint density at radius 1 is 1.22 bits per heavy atom. The molecule has 0 N–H and O–H groups in total. The summed E-state index contributed by atoms with van der Waals surface area (Å²) in [6.45, 7) is 0. The second-order valence-corrected chi connectivity index (χ2v) is 1.60. The summed E-state index contributed by atoms with van der Waals surface area (Å²) in [7, 11) is 0. The van der Waals surface area contributed by atoms with Crippen LogP contribution in [0.25, 0.3) is 0 Å². The number of halogens is 5. The minimum absolute atomic E-state index is 2.87. The molecule has 0 aromatic rings. The van der Waals surface area contributed by atoms with Crippen molar-refractivity contribution in [2.75, 3.05) is 0 Å². The van der Waals surface area contributed by atoms with E-state index in [0.29, 0.717) is 0 Å². The van der Waals surface area contributed by atoms with Crippen molar-refractivity contribution in [3.05, 3.63) is 0 Å². The van der Waals surface area contributed by atoms with Gasteiger partial charge in [0.1, 0.15) is 0 Å². The smallest absolute Gasteiger partial charge is 0.296 e. The lowest BCUT2D eigenvalue weighted by Gasteiger charge is -1.97. The maximum atomic E-state index is 11.4. The summed E-state index contributed by atoms with van der Waals surface area (Å²) in [6.07, 6.45) is -11.8. The Morgan fingerprint density at radius 2 is 1.56 bits per heavy atom. The third kappa shape index (κ3) is 1.12. The second-order valence-electron chi connectivity index (χ2n) is 1.60. The van der Waals surface area contributed by atoms with Crippen LogP contribution in [0, 0.1) is 0 Å². The zero-order valence-corrected chi connectivity index (χ0v) is 3.88. The topological polar surface area (TPSA) is 12.5 Å². The third-order valence-corrected chi connectivity index (χ3v) is 0.820. The van der Waals surface area contributed by atoms with Gasteiger partial charge in [-0.1, -0.05) is 0 Å². The van der Waals surface area contributed by atoms with Gasteiger partial charge in [0.2, 0.25) is 6.10 Å². The Balaban J connectivity index is 2.52. The van der Waals surface area contributed by atoms with E-state index in [2.05, 4.69) is 4.74 Å². The Bertz CT molecular complexity index is 127. The van der Waals surface area contributed by atoms with E-state index in [1.807, 2.05) is 0 Å². The number of rotatable bonds is 0. The molecule has 1 aliphatic rings. The van der Waals surface area contributed by atoms with Crippen LogP contribution in [-0.2, 0) is 4.74 Å². The van der Waals surface area contributed by atoms with Gasteiger partial charge in [-0.3, -0.25) is 4.74 Å². The highest BCUT2D eigenvalue weighted by molar-refractivity contribution is 4.89. The minimum Gasteiger partial charge on any atom is -0.296 e. The molecule has 1 atom stereocenters. The molecule has 0 spiro atoms. The van der Waals surface area contributed by atoms with E-state index in [-0.39, 0.29) is 0 Å². The zero-order valence-electron chi connectivity index (χ0n) is 3.88. The van der Waals surface area contributed by atoms with Crippen LogP contribution < -0.4 is 0 Å². The fraction of sp³-hybridized carbons (Fsp3) is 1.00. The van der Waals surface area contributed by atoms with Crippen LogP contribution in [0.5, 0.6) is 0 Å². The van der Waals surface area contributed by atoms with Crippen LogP contribution in [0.3, 0.4) is 0 Å². The van der Waals surface area contributed by atoms with Crippen LogP contribution in [0.4, 0.5) is 22.0 Å². The first-order valence-electron chi connectivity index (χ1n) is 1.96. The first kappa shape index (κ1) is 6.73. The number of alkyl halides is 5. The van der Waals surface area contributed by atoms with Gasteiger partial charge in [-0.25, -0.2) is 0 Å². The summed E-state index contributed by atoms with van der Waals surface area (Å²) >= 11 is 0. The van der Waals surface area contributed by atoms with Crippen molar-refractivity contribution in [1.82, 2.24) is 0 Å². The lowest BCUT2D eigenvalue weighted by molar-refractivity contribution is -0.150. The molecule has 1 unspecified atom stereocenters. The van der Waals surface area contributed by atoms with Gasteiger partial charge in [0.25, 0.3) is 0 Å². The van der Waals surface area contributed by atoms with E-state index < -0.39 is 18.4 Å². The van der Waals surface area contributed by atoms with Crippen molar-refractivity contribution < 1.29 is 26.7 Å². The van der Waals surface area contributed by atoms with Gasteiger partial charge in [-0.15, -0.1) is 0 Å². The number of epoxide rings is 1. The van der Waals surface area contributed by atoms with E-state index in [1.165, 1.54) is 0 Å². The molecular formula is C3HF5O. The molecule has 1 saturated heterocycles. The van der Waals surface area contributed by atoms with Crippen molar-refractivity contribution in [3.63, 3.8) is 0 Å². The first-order chi connectivity index (χ1) is 3.84. The molecule has 0 saturated carbocycles. The highest BCUT2D eigenvalue weighted by Gasteiger charge is 2.73. The molecule has 54 valence electrons. The standard InChI is InChI=1S/C3HF5O/c4-2(5,6)1-3(7,8)9-1/h1H. The average molecular weight is 148 g/mol. The third-order valence-electron chi connectivity index (χ3n) is 0.820. The lowest BCUT2D eigenvalue weighted by atomic mass is 10.4. The van der Waals surface area contributed by atoms with E-state index in [9.17, 15) is 22.0 Å². The van der Waals surface area contributed by atoms with Crippen LogP contribution >= 0.6 is 0 Å². The maximum Gasteiger partial charge on any atom is 0.423 e. The highest BCUT2D eigenvalue weighted by atomic mass is 19.4. The maximum absolute atomic E-state index is 11.4.